The van der Waals surface area contributed by atoms with Gasteiger partial charge in [0.15, 0.2) is 0 Å². The summed E-state index contributed by atoms with van der Waals surface area (Å²) in [6.07, 6.45) is 0. The van der Waals surface area contributed by atoms with Crippen molar-refractivity contribution in [2.24, 2.45) is 0 Å². The van der Waals surface area contributed by atoms with Crippen molar-refractivity contribution in [2.75, 3.05) is 4.90 Å². The number of carbonyl (C=O) groups is 1. The molecular formula is C24H17ClN4O3. The minimum absolute atomic E-state index is 0.0382. The summed E-state index contributed by atoms with van der Waals surface area (Å²) in [5, 5.41) is 19.3. The number of nitrogens with one attached hydrogen (secondary N) is 1. The summed E-state index contributed by atoms with van der Waals surface area (Å²) in [5.41, 5.74) is 4.80. The van der Waals surface area contributed by atoms with Crippen molar-refractivity contribution in [1.29, 1.82) is 0 Å². The van der Waals surface area contributed by atoms with Crippen LogP contribution >= 0.6 is 11.6 Å². The predicted octanol–water partition coefficient (Wildman–Crippen LogP) is 5.70. The van der Waals surface area contributed by atoms with E-state index >= 15 is 0 Å². The Bertz CT molecular complexity index is 1350. The van der Waals surface area contributed by atoms with Crippen LogP contribution in [0.1, 0.15) is 33.2 Å². The number of hydrogen-bond acceptors (Lipinski definition) is 4. The Balaban J connectivity index is 1.73. The smallest absolute Gasteiger partial charge is 0.277 e. The molecule has 0 aliphatic carbocycles. The average Bonchev–Trinajstić information content (AvgIpc) is 3.34. The number of anilines is 1. The zero-order valence-corrected chi connectivity index (χ0v) is 17.7. The van der Waals surface area contributed by atoms with E-state index in [0.717, 1.165) is 11.1 Å². The monoisotopic (exact) mass is 444 g/mol. The van der Waals surface area contributed by atoms with Crippen LogP contribution in [0.2, 0.25) is 5.02 Å². The van der Waals surface area contributed by atoms with Crippen molar-refractivity contribution in [1.82, 2.24) is 10.2 Å². The summed E-state index contributed by atoms with van der Waals surface area (Å²) < 4.78 is 0. The molecule has 1 unspecified atom stereocenters. The summed E-state index contributed by atoms with van der Waals surface area (Å²) in [6.45, 7) is 1.97. The summed E-state index contributed by atoms with van der Waals surface area (Å²) in [4.78, 5) is 26.1. The second kappa shape index (κ2) is 7.62. The second-order valence-corrected chi connectivity index (χ2v) is 8.07. The number of nitrogens with zero attached hydrogens (tertiary/aromatic N) is 3. The molecule has 1 N–H and O–H groups in total. The maximum Gasteiger partial charge on any atom is 0.277 e. The summed E-state index contributed by atoms with van der Waals surface area (Å²) in [7, 11) is 0. The minimum Gasteiger partial charge on any atom is -0.295 e. The number of benzene rings is 3. The Hall–Kier alpha value is -3.97. The van der Waals surface area contributed by atoms with Crippen LogP contribution in [-0.4, -0.2) is 21.0 Å². The van der Waals surface area contributed by atoms with Gasteiger partial charge in [0.1, 0.15) is 5.69 Å². The van der Waals surface area contributed by atoms with E-state index in [-0.39, 0.29) is 11.6 Å². The zero-order chi connectivity index (χ0) is 22.4. The molecule has 2 heterocycles. The summed E-state index contributed by atoms with van der Waals surface area (Å²) >= 11 is 6.05. The van der Waals surface area contributed by atoms with Crippen molar-refractivity contribution in [3.63, 3.8) is 0 Å². The van der Waals surface area contributed by atoms with E-state index in [2.05, 4.69) is 10.2 Å². The number of aromatic amines is 1. The van der Waals surface area contributed by atoms with Gasteiger partial charge in [-0.3, -0.25) is 24.9 Å². The van der Waals surface area contributed by atoms with Crippen molar-refractivity contribution in [2.45, 2.75) is 13.0 Å². The van der Waals surface area contributed by atoms with Crippen LogP contribution in [0.3, 0.4) is 0 Å². The Morgan fingerprint density at radius 2 is 1.78 bits per heavy atom. The van der Waals surface area contributed by atoms with Crippen LogP contribution in [0.15, 0.2) is 72.8 Å². The van der Waals surface area contributed by atoms with Gasteiger partial charge in [-0.25, -0.2) is 0 Å². The van der Waals surface area contributed by atoms with Gasteiger partial charge in [-0.05, 0) is 36.8 Å². The number of aromatic nitrogens is 2. The molecule has 3 aromatic carbocycles. The van der Waals surface area contributed by atoms with E-state index < -0.39 is 11.0 Å². The number of carbonyl (C=O) groups excluding carboxylic acids is 1. The predicted molar refractivity (Wildman–Crippen MR) is 122 cm³/mol. The molecule has 7 nitrogen and oxygen atoms in total. The Morgan fingerprint density at radius 1 is 1.06 bits per heavy atom. The number of non-ortho nitro benzene ring substituents is 1. The lowest BCUT2D eigenvalue weighted by molar-refractivity contribution is -0.384. The lowest BCUT2D eigenvalue weighted by Gasteiger charge is -2.26. The quantitative estimate of drug-likeness (QED) is 0.323. The molecule has 0 saturated carbocycles. The van der Waals surface area contributed by atoms with Crippen LogP contribution in [0, 0.1) is 17.0 Å². The molecule has 1 amide bonds. The molecule has 0 radical (unpaired) electrons. The number of halogens is 1. The topological polar surface area (TPSA) is 92.1 Å². The van der Waals surface area contributed by atoms with Gasteiger partial charge in [-0.2, -0.15) is 5.10 Å². The van der Waals surface area contributed by atoms with Crippen LogP contribution < -0.4 is 4.90 Å². The Labute approximate surface area is 188 Å². The average molecular weight is 445 g/mol. The van der Waals surface area contributed by atoms with Gasteiger partial charge in [-0.1, -0.05) is 53.6 Å². The molecule has 0 bridgehead atoms. The summed E-state index contributed by atoms with van der Waals surface area (Å²) in [5.74, 6) is -0.243. The van der Waals surface area contributed by atoms with Gasteiger partial charge in [0.05, 0.1) is 16.7 Å². The number of amides is 1. The second-order valence-electron chi connectivity index (χ2n) is 7.63. The highest BCUT2D eigenvalue weighted by atomic mass is 35.5. The van der Waals surface area contributed by atoms with E-state index in [1.165, 1.54) is 12.1 Å². The highest BCUT2D eigenvalue weighted by molar-refractivity contribution is 6.30. The lowest BCUT2D eigenvalue weighted by atomic mass is 9.95. The molecule has 158 valence electrons. The third-order valence-electron chi connectivity index (χ3n) is 5.59. The van der Waals surface area contributed by atoms with E-state index in [4.69, 9.17) is 11.6 Å². The first-order chi connectivity index (χ1) is 15.4. The SMILES string of the molecule is Cc1ccc(N2C(=O)c3[nH]nc(-c4ccc(Cl)cc4)c3C2c2cccc([N+](=O)[O-])c2)cc1. The summed E-state index contributed by atoms with van der Waals surface area (Å²) in [6, 6.07) is 20.6. The van der Waals surface area contributed by atoms with Crippen molar-refractivity contribution >= 4 is 28.9 Å². The standard InChI is InChI=1S/C24H17ClN4O3/c1-14-5-11-18(12-6-14)28-23(16-3-2-4-19(13-16)29(31)32)20-21(26-27-22(20)24(28)30)15-7-9-17(25)10-8-15/h2-13,23H,1H3,(H,26,27). The molecule has 32 heavy (non-hydrogen) atoms. The van der Waals surface area contributed by atoms with E-state index in [9.17, 15) is 14.9 Å². The first-order valence-corrected chi connectivity index (χ1v) is 10.3. The maximum absolute atomic E-state index is 13.5. The van der Waals surface area contributed by atoms with Gasteiger partial charge in [0, 0.05) is 34.0 Å². The number of nitro benzene ring substituents is 1. The zero-order valence-electron chi connectivity index (χ0n) is 16.9. The first kappa shape index (κ1) is 20.0. The Morgan fingerprint density at radius 3 is 2.47 bits per heavy atom. The molecule has 0 fully saturated rings. The Kier molecular flexibility index (Phi) is 4.75. The van der Waals surface area contributed by atoms with E-state index in [1.54, 1.807) is 29.2 Å². The third-order valence-corrected chi connectivity index (χ3v) is 5.85. The number of fused-ring (bicyclic) bond motifs is 1. The molecule has 8 heteroatoms. The molecule has 0 saturated heterocycles. The third kappa shape index (κ3) is 3.23. The number of aryl methyl sites for hydroxylation is 1. The normalized spacial score (nSPS) is 15.1. The largest absolute Gasteiger partial charge is 0.295 e. The molecule has 1 aliphatic heterocycles. The number of hydrogen-bond donors (Lipinski definition) is 1. The molecular weight excluding hydrogens is 428 g/mol. The van der Waals surface area contributed by atoms with Gasteiger partial charge in [-0.15, -0.1) is 0 Å². The van der Waals surface area contributed by atoms with E-state index in [1.807, 2.05) is 43.3 Å². The fraction of sp³-hybridized carbons (Fsp3) is 0.0833. The number of H-pyrrole nitrogens is 1. The molecule has 0 spiro atoms. The van der Waals surface area contributed by atoms with Gasteiger partial charge in [0.2, 0.25) is 0 Å². The van der Waals surface area contributed by atoms with Gasteiger partial charge in [0.25, 0.3) is 11.6 Å². The van der Waals surface area contributed by atoms with Crippen LogP contribution in [-0.2, 0) is 0 Å². The van der Waals surface area contributed by atoms with Crippen LogP contribution in [0.5, 0.6) is 0 Å². The van der Waals surface area contributed by atoms with Crippen LogP contribution in [0.25, 0.3) is 11.3 Å². The lowest BCUT2D eigenvalue weighted by Crippen LogP contribution is -2.29. The molecule has 4 aromatic rings. The fourth-order valence-electron chi connectivity index (χ4n) is 4.07. The maximum atomic E-state index is 13.5. The van der Waals surface area contributed by atoms with Crippen LogP contribution in [0.4, 0.5) is 11.4 Å². The van der Waals surface area contributed by atoms with Crippen molar-refractivity contribution in [3.05, 3.63) is 110 Å². The van der Waals surface area contributed by atoms with Crippen molar-refractivity contribution in [3.8, 4) is 11.3 Å². The minimum atomic E-state index is -0.579. The van der Waals surface area contributed by atoms with E-state index in [0.29, 0.717) is 33.2 Å². The molecule has 5 rings (SSSR count). The highest BCUT2D eigenvalue weighted by Crippen LogP contribution is 2.45. The van der Waals surface area contributed by atoms with Gasteiger partial charge < -0.3 is 0 Å². The molecule has 1 aliphatic rings. The fourth-order valence-corrected chi connectivity index (χ4v) is 4.20. The highest BCUT2D eigenvalue weighted by Gasteiger charge is 2.43. The molecule has 1 aromatic heterocycles. The number of nitro groups is 1. The van der Waals surface area contributed by atoms with Crippen molar-refractivity contribution < 1.29 is 9.72 Å². The van der Waals surface area contributed by atoms with Gasteiger partial charge >= 0.3 is 0 Å². The number of rotatable bonds is 4. The first-order valence-electron chi connectivity index (χ1n) is 9.93. The molecule has 1 atom stereocenters.